The minimum Gasteiger partial charge on any atom is -0.379 e. The first-order valence-electron chi connectivity index (χ1n) is 5.54. The quantitative estimate of drug-likeness (QED) is 0.766. The zero-order valence-corrected chi connectivity index (χ0v) is 9.69. The van der Waals surface area contributed by atoms with Crippen molar-refractivity contribution in [1.29, 1.82) is 0 Å². The van der Waals surface area contributed by atoms with E-state index in [1.165, 1.54) is 0 Å². The Hall–Kier alpha value is -1.19. The molecule has 2 rings (SSSR count). The second kappa shape index (κ2) is 4.36. The molecule has 1 aliphatic heterocycles. The van der Waals surface area contributed by atoms with Gasteiger partial charge in [0, 0.05) is 11.6 Å². The van der Waals surface area contributed by atoms with Crippen LogP contribution < -0.4 is 5.73 Å². The summed E-state index contributed by atoms with van der Waals surface area (Å²) in [5, 5.41) is 0. The van der Waals surface area contributed by atoms with Crippen LogP contribution in [0.5, 0.6) is 0 Å². The Morgan fingerprint density at radius 2 is 1.88 bits per heavy atom. The smallest absolute Gasteiger partial charge is 0.169 e. The van der Waals surface area contributed by atoms with Crippen molar-refractivity contribution < 1.29 is 9.53 Å². The Morgan fingerprint density at radius 3 is 2.38 bits per heavy atom. The third-order valence-corrected chi connectivity index (χ3v) is 2.97. The van der Waals surface area contributed by atoms with E-state index in [1.807, 2.05) is 26.0 Å². The number of Topliss-reactive ketones (excluding diaryl/α,β-unsaturated/α-hetero) is 1. The lowest BCUT2D eigenvalue weighted by Gasteiger charge is -2.12. The molecule has 1 aromatic carbocycles. The molecule has 1 saturated heterocycles. The zero-order chi connectivity index (χ0) is 11.7. The second-order valence-corrected chi connectivity index (χ2v) is 4.55. The van der Waals surface area contributed by atoms with Gasteiger partial charge in [-0.3, -0.25) is 4.79 Å². The van der Waals surface area contributed by atoms with E-state index in [4.69, 9.17) is 10.5 Å². The monoisotopic (exact) mass is 219 g/mol. The Labute approximate surface area is 95.6 Å². The number of hydrogen-bond acceptors (Lipinski definition) is 3. The second-order valence-electron chi connectivity index (χ2n) is 4.55. The molecule has 0 saturated carbocycles. The van der Waals surface area contributed by atoms with E-state index in [0.717, 1.165) is 16.7 Å². The van der Waals surface area contributed by atoms with Crippen LogP contribution in [0.15, 0.2) is 18.2 Å². The molecular weight excluding hydrogens is 202 g/mol. The first-order chi connectivity index (χ1) is 7.58. The van der Waals surface area contributed by atoms with Gasteiger partial charge in [-0.05, 0) is 26.0 Å². The van der Waals surface area contributed by atoms with Gasteiger partial charge in [-0.15, -0.1) is 0 Å². The highest BCUT2D eigenvalue weighted by molar-refractivity contribution is 5.98. The lowest BCUT2D eigenvalue weighted by molar-refractivity contribution is 0.0896. The van der Waals surface area contributed by atoms with Gasteiger partial charge in [0.2, 0.25) is 0 Å². The molecule has 2 atom stereocenters. The Kier molecular flexibility index (Phi) is 3.08. The first kappa shape index (κ1) is 11.3. The van der Waals surface area contributed by atoms with Gasteiger partial charge in [0.05, 0.1) is 19.1 Å². The van der Waals surface area contributed by atoms with Crippen molar-refractivity contribution >= 4 is 5.78 Å². The molecule has 1 fully saturated rings. The summed E-state index contributed by atoms with van der Waals surface area (Å²) >= 11 is 0. The number of benzene rings is 1. The molecule has 1 aliphatic rings. The summed E-state index contributed by atoms with van der Waals surface area (Å²) < 4.78 is 5.23. The molecule has 86 valence electrons. The van der Waals surface area contributed by atoms with E-state index in [2.05, 4.69) is 6.07 Å². The molecule has 16 heavy (non-hydrogen) atoms. The van der Waals surface area contributed by atoms with Crippen LogP contribution in [0.1, 0.15) is 21.5 Å². The van der Waals surface area contributed by atoms with E-state index in [0.29, 0.717) is 13.2 Å². The number of carbonyl (C=O) groups is 1. The molecule has 1 aromatic rings. The summed E-state index contributed by atoms with van der Waals surface area (Å²) in [7, 11) is 0. The summed E-state index contributed by atoms with van der Waals surface area (Å²) in [6.45, 7) is 4.93. The highest BCUT2D eigenvalue weighted by atomic mass is 16.5. The van der Waals surface area contributed by atoms with Crippen molar-refractivity contribution in [2.75, 3.05) is 13.2 Å². The number of nitrogens with two attached hydrogens (primary N) is 1. The van der Waals surface area contributed by atoms with E-state index >= 15 is 0 Å². The van der Waals surface area contributed by atoms with Crippen LogP contribution in [-0.2, 0) is 4.74 Å². The van der Waals surface area contributed by atoms with Gasteiger partial charge in [-0.2, -0.15) is 0 Å². The van der Waals surface area contributed by atoms with Crippen LogP contribution in [0.4, 0.5) is 0 Å². The average Bonchev–Trinajstić information content (AvgIpc) is 2.62. The first-order valence-corrected chi connectivity index (χ1v) is 5.54. The van der Waals surface area contributed by atoms with Gasteiger partial charge in [0.1, 0.15) is 0 Å². The minimum absolute atomic E-state index is 0.108. The predicted molar refractivity (Wildman–Crippen MR) is 62.5 cm³/mol. The van der Waals surface area contributed by atoms with E-state index in [-0.39, 0.29) is 17.7 Å². The summed E-state index contributed by atoms with van der Waals surface area (Å²) in [6, 6.07) is 5.73. The number of aryl methyl sites for hydroxylation is 2. The Morgan fingerprint density at radius 1 is 1.25 bits per heavy atom. The van der Waals surface area contributed by atoms with Gasteiger partial charge in [-0.1, -0.05) is 17.2 Å². The molecule has 3 heteroatoms. The topological polar surface area (TPSA) is 52.3 Å². The lowest BCUT2D eigenvalue weighted by Crippen LogP contribution is -2.34. The molecule has 1 heterocycles. The van der Waals surface area contributed by atoms with E-state index in [9.17, 15) is 4.79 Å². The molecule has 3 nitrogen and oxygen atoms in total. The maximum atomic E-state index is 12.2. The van der Waals surface area contributed by atoms with Gasteiger partial charge in [0.25, 0.3) is 0 Å². The Bertz CT molecular complexity index is 394. The normalized spacial score (nSPS) is 24.7. The van der Waals surface area contributed by atoms with Crippen molar-refractivity contribution in [3.05, 3.63) is 34.9 Å². The summed E-state index contributed by atoms with van der Waals surface area (Å²) in [6.07, 6.45) is 0. The standard InChI is InChI=1S/C13H17NO2/c1-8-3-9(2)5-10(4-8)13(15)11-6-16-7-12(11)14/h3-5,11-12H,6-7,14H2,1-2H3. The van der Waals surface area contributed by atoms with E-state index in [1.54, 1.807) is 0 Å². The molecular formula is C13H17NO2. The largest absolute Gasteiger partial charge is 0.379 e. The number of ether oxygens (including phenoxy) is 1. The number of carbonyl (C=O) groups excluding carboxylic acids is 1. The minimum atomic E-state index is -0.179. The summed E-state index contributed by atoms with van der Waals surface area (Å²) in [4.78, 5) is 12.2. The van der Waals surface area contributed by atoms with E-state index < -0.39 is 0 Å². The molecule has 0 aromatic heterocycles. The highest BCUT2D eigenvalue weighted by Crippen LogP contribution is 2.19. The number of rotatable bonds is 2. The van der Waals surface area contributed by atoms with Gasteiger partial charge >= 0.3 is 0 Å². The summed E-state index contributed by atoms with van der Waals surface area (Å²) in [5.41, 5.74) is 8.82. The van der Waals surface area contributed by atoms with Crippen molar-refractivity contribution in [2.24, 2.45) is 11.7 Å². The fraction of sp³-hybridized carbons (Fsp3) is 0.462. The maximum Gasteiger partial charge on any atom is 0.169 e. The SMILES string of the molecule is Cc1cc(C)cc(C(=O)C2COCC2N)c1. The lowest BCUT2D eigenvalue weighted by atomic mass is 9.92. The highest BCUT2D eigenvalue weighted by Gasteiger charge is 2.31. The van der Waals surface area contributed by atoms with Crippen LogP contribution in [0.3, 0.4) is 0 Å². The molecule has 0 bridgehead atoms. The molecule has 0 radical (unpaired) electrons. The van der Waals surface area contributed by atoms with Crippen LogP contribution in [-0.4, -0.2) is 25.0 Å². The van der Waals surface area contributed by atoms with Crippen LogP contribution in [0.25, 0.3) is 0 Å². The molecule has 2 unspecified atom stereocenters. The van der Waals surface area contributed by atoms with Gasteiger partial charge in [0.15, 0.2) is 5.78 Å². The molecule has 0 aliphatic carbocycles. The zero-order valence-electron chi connectivity index (χ0n) is 9.69. The predicted octanol–water partition coefficient (Wildman–Crippen LogP) is 1.46. The fourth-order valence-electron chi connectivity index (χ4n) is 2.17. The number of hydrogen-bond donors (Lipinski definition) is 1. The average molecular weight is 219 g/mol. The molecule has 0 amide bonds. The molecule has 2 N–H and O–H groups in total. The van der Waals surface area contributed by atoms with Crippen LogP contribution in [0, 0.1) is 19.8 Å². The van der Waals surface area contributed by atoms with Crippen molar-refractivity contribution in [3.63, 3.8) is 0 Å². The number of ketones is 1. The maximum absolute atomic E-state index is 12.2. The van der Waals surface area contributed by atoms with Crippen molar-refractivity contribution in [2.45, 2.75) is 19.9 Å². The molecule has 0 spiro atoms. The van der Waals surface area contributed by atoms with Crippen molar-refractivity contribution in [3.8, 4) is 0 Å². The third-order valence-electron chi connectivity index (χ3n) is 2.97. The fourth-order valence-corrected chi connectivity index (χ4v) is 2.17. The van der Waals surface area contributed by atoms with Crippen LogP contribution >= 0.6 is 0 Å². The third kappa shape index (κ3) is 2.15. The van der Waals surface area contributed by atoms with Crippen LogP contribution in [0.2, 0.25) is 0 Å². The van der Waals surface area contributed by atoms with Gasteiger partial charge < -0.3 is 10.5 Å². The summed E-state index contributed by atoms with van der Waals surface area (Å²) in [5.74, 6) is -0.0713. The van der Waals surface area contributed by atoms with Gasteiger partial charge in [-0.25, -0.2) is 0 Å². The Balaban J connectivity index is 2.26. The van der Waals surface area contributed by atoms with Crippen molar-refractivity contribution in [1.82, 2.24) is 0 Å².